The molecule has 0 fully saturated rings. The summed E-state index contributed by atoms with van der Waals surface area (Å²) in [6.45, 7) is 0. The third-order valence-corrected chi connectivity index (χ3v) is 0.936. The zero-order chi connectivity index (χ0) is 9.40. The van der Waals surface area contributed by atoms with Crippen LogP contribution >= 0.6 is 8.25 Å². The maximum absolute atomic E-state index is 10.0. The van der Waals surface area contributed by atoms with Gasteiger partial charge in [0, 0.05) is 10.1 Å². The van der Waals surface area contributed by atoms with Gasteiger partial charge >= 0.3 is 8.25 Å². The summed E-state index contributed by atoms with van der Waals surface area (Å²) in [4.78, 5) is 24.2. The molecule has 64 valence electrons. The number of carbonyl (C=O) groups excluding carboxylic acids is 1. The van der Waals surface area contributed by atoms with E-state index in [-0.39, 0.29) is 0 Å². The summed E-state index contributed by atoms with van der Waals surface area (Å²) in [6, 6.07) is 9.10. The third kappa shape index (κ3) is 7.02. The van der Waals surface area contributed by atoms with Gasteiger partial charge in [0.15, 0.2) is 0 Å². The summed E-state index contributed by atoms with van der Waals surface area (Å²) in [5.41, 5.74) is 0.729. The molecule has 1 aromatic carbocycles. The standard InChI is InChI=1S/C7H6O.HO3P/c8-6-7-4-2-1-3-5-7;1-4(2)3/h1-6H;(H-,1,2,3)/p+1. The van der Waals surface area contributed by atoms with Gasteiger partial charge < -0.3 is 0 Å². The Kier molecular flexibility index (Phi) is 6.01. The van der Waals surface area contributed by atoms with Crippen LogP contribution in [-0.2, 0) is 4.57 Å². The van der Waals surface area contributed by atoms with Gasteiger partial charge in [-0.05, 0) is 0 Å². The second-order valence-corrected chi connectivity index (χ2v) is 2.29. The molecule has 0 spiro atoms. The molecule has 0 aliphatic carbocycles. The van der Waals surface area contributed by atoms with Crippen LogP contribution in [0.3, 0.4) is 0 Å². The molecular formula is C7H8O4P+. The number of carbonyl (C=O) groups is 1. The lowest BCUT2D eigenvalue weighted by Gasteiger charge is -1.81. The van der Waals surface area contributed by atoms with Crippen molar-refractivity contribution in [2.75, 3.05) is 0 Å². The molecule has 0 unspecified atom stereocenters. The fraction of sp³-hybridized carbons (Fsp3) is 0. The Morgan fingerprint density at radius 2 is 1.58 bits per heavy atom. The highest BCUT2D eigenvalue weighted by Gasteiger charge is 1.93. The maximum Gasteiger partial charge on any atom is 0.692 e. The van der Waals surface area contributed by atoms with Crippen molar-refractivity contribution in [1.82, 2.24) is 0 Å². The lowest BCUT2D eigenvalue weighted by molar-refractivity contribution is 0.112. The fourth-order valence-electron chi connectivity index (χ4n) is 0.532. The van der Waals surface area contributed by atoms with Gasteiger partial charge in [0.1, 0.15) is 6.29 Å². The Labute approximate surface area is 70.4 Å². The second-order valence-electron chi connectivity index (χ2n) is 1.78. The SMILES string of the molecule is O=Cc1ccccc1.O=[P+](O)O. The van der Waals surface area contributed by atoms with Crippen molar-refractivity contribution >= 4 is 14.5 Å². The lowest BCUT2D eigenvalue weighted by atomic mass is 10.2. The van der Waals surface area contributed by atoms with Gasteiger partial charge in [0.2, 0.25) is 0 Å². The average molecular weight is 187 g/mol. The first-order chi connectivity index (χ1) is 5.66. The van der Waals surface area contributed by atoms with E-state index in [4.69, 9.17) is 14.4 Å². The van der Waals surface area contributed by atoms with Gasteiger partial charge in [-0.2, -0.15) is 0 Å². The fourth-order valence-corrected chi connectivity index (χ4v) is 0.532. The van der Waals surface area contributed by atoms with E-state index in [0.29, 0.717) is 0 Å². The van der Waals surface area contributed by atoms with Gasteiger partial charge in [0.25, 0.3) is 0 Å². The first kappa shape index (κ1) is 10.9. The molecule has 0 amide bonds. The van der Waals surface area contributed by atoms with Gasteiger partial charge in [0.05, 0.1) is 0 Å². The molecule has 0 heterocycles. The van der Waals surface area contributed by atoms with Crippen molar-refractivity contribution in [3.05, 3.63) is 35.9 Å². The van der Waals surface area contributed by atoms with Crippen molar-refractivity contribution in [3.8, 4) is 0 Å². The molecule has 1 aromatic rings. The predicted molar refractivity (Wildman–Crippen MR) is 43.9 cm³/mol. The van der Waals surface area contributed by atoms with Gasteiger partial charge in [-0.3, -0.25) is 4.79 Å². The zero-order valence-corrected chi connectivity index (χ0v) is 7.02. The van der Waals surface area contributed by atoms with Gasteiger partial charge in [-0.15, -0.1) is 9.79 Å². The summed E-state index contributed by atoms with van der Waals surface area (Å²) >= 11 is 0. The van der Waals surface area contributed by atoms with E-state index in [2.05, 4.69) is 0 Å². The number of hydrogen-bond donors (Lipinski definition) is 2. The van der Waals surface area contributed by atoms with Gasteiger partial charge in [-0.25, -0.2) is 0 Å². The Balaban J connectivity index is 0.000000261. The van der Waals surface area contributed by atoms with E-state index >= 15 is 0 Å². The van der Waals surface area contributed by atoms with E-state index < -0.39 is 8.25 Å². The summed E-state index contributed by atoms with van der Waals surface area (Å²) < 4.78 is 8.70. The van der Waals surface area contributed by atoms with Crippen LogP contribution in [0.4, 0.5) is 0 Å². The Morgan fingerprint density at radius 1 is 1.17 bits per heavy atom. The van der Waals surface area contributed by atoms with Crippen LogP contribution in [0, 0.1) is 0 Å². The molecule has 5 heteroatoms. The van der Waals surface area contributed by atoms with E-state index in [0.717, 1.165) is 11.8 Å². The van der Waals surface area contributed by atoms with Crippen molar-refractivity contribution in [2.24, 2.45) is 0 Å². The molecule has 0 radical (unpaired) electrons. The molecule has 4 nitrogen and oxygen atoms in total. The average Bonchev–Trinajstić information content (AvgIpc) is 2.05. The predicted octanol–water partition coefficient (Wildman–Crippen LogP) is 1.13. The van der Waals surface area contributed by atoms with Crippen molar-refractivity contribution in [1.29, 1.82) is 0 Å². The molecule has 0 bridgehead atoms. The van der Waals surface area contributed by atoms with E-state index in [1.54, 1.807) is 12.1 Å². The molecule has 12 heavy (non-hydrogen) atoms. The van der Waals surface area contributed by atoms with Crippen LogP contribution in [0.1, 0.15) is 10.4 Å². The first-order valence-electron chi connectivity index (χ1n) is 3.02. The summed E-state index contributed by atoms with van der Waals surface area (Å²) in [5, 5.41) is 0. The maximum atomic E-state index is 10.0. The molecule has 0 saturated carbocycles. The van der Waals surface area contributed by atoms with Crippen LogP contribution in [0.25, 0.3) is 0 Å². The van der Waals surface area contributed by atoms with E-state index in [1.807, 2.05) is 18.2 Å². The number of hydrogen-bond acceptors (Lipinski definition) is 2. The molecule has 0 aliphatic rings. The van der Waals surface area contributed by atoms with Crippen LogP contribution in [0.15, 0.2) is 30.3 Å². The highest BCUT2D eigenvalue weighted by molar-refractivity contribution is 7.30. The van der Waals surface area contributed by atoms with E-state index in [1.165, 1.54) is 0 Å². The monoisotopic (exact) mass is 187 g/mol. The Hall–Kier alpha value is -1.09. The van der Waals surface area contributed by atoms with Gasteiger partial charge in [-0.1, -0.05) is 30.3 Å². The second kappa shape index (κ2) is 6.61. The highest BCUT2D eigenvalue weighted by Crippen LogP contribution is 1.98. The smallest absolute Gasteiger partial charge is 0.298 e. The van der Waals surface area contributed by atoms with Crippen LogP contribution in [-0.4, -0.2) is 16.1 Å². The summed E-state index contributed by atoms with van der Waals surface area (Å²) in [7, 11) is -2.87. The largest absolute Gasteiger partial charge is 0.692 e. The molecule has 0 saturated heterocycles. The first-order valence-corrected chi connectivity index (χ1v) is 4.18. The molecule has 0 aliphatic heterocycles. The van der Waals surface area contributed by atoms with Crippen LogP contribution in [0.5, 0.6) is 0 Å². The van der Waals surface area contributed by atoms with Crippen molar-refractivity contribution < 1.29 is 19.1 Å². The Bertz CT molecular complexity index is 243. The topological polar surface area (TPSA) is 74.6 Å². The molecule has 1 rings (SSSR count). The van der Waals surface area contributed by atoms with E-state index in [9.17, 15) is 4.79 Å². The highest BCUT2D eigenvalue weighted by atomic mass is 31.1. The molecule has 0 aromatic heterocycles. The quantitative estimate of drug-likeness (QED) is 0.510. The summed E-state index contributed by atoms with van der Waals surface area (Å²) in [5.74, 6) is 0. The van der Waals surface area contributed by atoms with Crippen molar-refractivity contribution in [3.63, 3.8) is 0 Å². The lowest BCUT2D eigenvalue weighted by Crippen LogP contribution is -1.73. The Morgan fingerprint density at radius 3 is 1.83 bits per heavy atom. The van der Waals surface area contributed by atoms with Crippen LogP contribution in [0.2, 0.25) is 0 Å². The normalized spacial score (nSPS) is 7.83. The number of aldehydes is 1. The van der Waals surface area contributed by atoms with Crippen molar-refractivity contribution in [2.45, 2.75) is 0 Å². The van der Waals surface area contributed by atoms with Crippen LogP contribution < -0.4 is 0 Å². The third-order valence-electron chi connectivity index (χ3n) is 0.936. The minimum atomic E-state index is -2.87. The molecule has 2 N–H and O–H groups in total. The summed E-state index contributed by atoms with van der Waals surface area (Å²) in [6.07, 6.45) is 0.833. The molecule has 0 atom stereocenters. The minimum Gasteiger partial charge on any atom is -0.298 e. The zero-order valence-electron chi connectivity index (χ0n) is 6.12. The molecular weight excluding hydrogens is 179 g/mol. The number of rotatable bonds is 1. The number of benzene rings is 1. The minimum absolute atomic E-state index is 0.729.